The minimum absolute atomic E-state index is 0.0306. The zero-order valence-electron chi connectivity index (χ0n) is 44.4. The van der Waals surface area contributed by atoms with Crippen LogP contribution in [0.25, 0.3) is 22.3 Å². The first-order chi connectivity index (χ1) is 35.5. The molecule has 0 aromatic heterocycles. The summed E-state index contributed by atoms with van der Waals surface area (Å²) >= 11 is 0. The Morgan fingerprint density at radius 1 is 0.405 bits per heavy atom. The van der Waals surface area contributed by atoms with Crippen LogP contribution in [0.1, 0.15) is 84.6 Å². The molecule has 0 amide bonds. The van der Waals surface area contributed by atoms with Crippen LogP contribution in [0.4, 0.5) is 51.2 Å². The number of benzene rings is 9. The third kappa shape index (κ3) is 8.21. The van der Waals surface area contributed by atoms with Crippen molar-refractivity contribution < 1.29 is 9.47 Å². The molecule has 0 N–H and O–H groups in total. The van der Waals surface area contributed by atoms with Crippen LogP contribution in [0.2, 0.25) is 0 Å². The highest BCUT2D eigenvalue weighted by molar-refractivity contribution is 7.00. The number of hydrogen-bond donors (Lipinski definition) is 0. The van der Waals surface area contributed by atoms with Gasteiger partial charge in [0.2, 0.25) is 6.79 Å². The van der Waals surface area contributed by atoms with E-state index in [1.165, 1.54) is 44.2 Å². The zero-order valence-corrected chi connectivity index (χ0v) is 44.4. The van der Waals surface area contributed by atoms with Gasteiger partial charge in [0.25, 0.3) is 6.71 Å². The van der Waals surface area contributed by atoms with Gasteiger partial charge in [0, 0.05) is 45.5 Å². The summed E-state index contributed by atoms with van der Waals surface area (Å²) in [5, 5.41) is 0. The molecule has 5 nitrogen and oxygen atoms in total. The largest absolute Gasteiger partial charge is 0.454 e. The fourth-order valence-corrected chi connectivity index (χ4v) is 11.4. The van der Waals surface area contributed by atoms with Crippen molar-refractivity contribution in [2.75, 3.05) is 21.5 Å². The first-order valence-corrected chi connectivity index (χ1v) is 26.2. The van der Waals surface area contributed by atoms with Crippen molar-refractivity contribution in [3.8, 4) is 33.8 Å². The molecule has 12 rings (SSSR count). The lowest BCUT2D eigenvalue weighted by Crippen LogP contribution is -2.61. The summed E-state index contributed by atoms with van der Waals surface area (Å²) in [6.45, 7) is 23.0. The number of nitrogens with zero attached hydrogens (tertiary/aromatic N) is 3. The van der Waals surface area contributed by atoms with Crippen LogP contribution in [0, 0.1) is 6.92 Å². The predicted octanol–water partition coefficient (Wildman–Crippen LogP) is 16.5. The lowest BCUT2D eigenvalue weighted by molar-refractivity contribution is 0.174. The van der Waals surface area contributed by atoms with E-state index in [0.717, 1.165) is 79.4 Å². The van der Waals surface area contributed by atoms with E-state index in [-0.39, 0.29) is 29.8 Å². The topological polar surface area (TPSA) is 28.2 Å². The van der Waals surface area contributed by atoms with Crippen molar-refractivity contribution in [2.45, 2.75) is 85.5 Å². The molecule has 3 aliphatic heterocycles. The average molecular weight is 966 g/mol. The predicted molar refractivity (Wildman–Crippen MR) is 313 cm³/mol. The molecular weight excluding hydrogens is 902 g/mol. The van der Waals surface area contributed by atoms with Gasteiger partial charge in [-0.3, -0.25) is 0 Å². The van der Waals surface area contributed by atoms with Crippen LogP contribution in [-0.2, 0) is 16.2 Å². The molecule has 0 saturated heterocycles. The van der Waals surface area contributed by atoms with Crippen LogP contribution >= 0.6 is 0 Å². The Hall–Kier alpha value is -7.96. The Kier molecular flexibility index (Phi) is 11.2. The highest BCUT2D eigenvalue weighted by atomic mass is 16.7. The maximum Gasteiger partial charge on any atom is 0.252 e. The summed E-state index contributed by atoms with van der Waals surface area (Å²) in [4.78, 5) is 7.40. The third-order valence-electron chi connectivity index (χ3n) is 15.3. The summed E-state index contributed by atoms with van der Waals surface area (Å²) < 4.78 is 12.4. The molecule has 9 aromatic rings. The summed E-state index contributed by atoms with van der Waals surface area (Å²) in [6, 6.07) is 72.6. The molecule has 74 heavy (non-hydrogen) atoms. The average Bonchev–Trinajstić information content (AvgIpc) is 3.88. The van der Waals surface area contributed by atoms with E-state index in [9.17, 15) is 0 Å². The number of anilines is 9. The van der Waals surface area contributed by atoms with Crippen molar-refractivity contribution in [3.05, 3.63) is 216 Å². The maximum absolute atomic E-state index is 6.36. The van der Waals surface area contributed by atoms with E-state index in [1.54, 1.807) is 0 Å². The van der Waals surface area contributed by atoms with E-state index < -0.39 is 0 Å². The Morgan fingerprint density at radius 2 is 0.959 bits per heavy atom. The van der Waals surface area contributed by atoms with Gasteiger partial charge in [0.1, 0.15) is 0 Å². The smallest absolute Gasteiger partial charge is 0.252 e. The van der Waals surface area contributed by atoms with Gasteiger partial charge in [-0.1, -0.05) is 172 Å². The monoisotopic (exact) mass is 966 g/mol. The van der Waals surface area contributed by atoms with Crippen molar-refractivity contribution in [1.29, 1.82) is 0 Å². The minimum Gasteiger partial charge on any atom is -0.454 e. The number of para-hydroxylation sites is 3. The van der Waals surface area contributed by atoms with Crippen LogP contribution in [0.3, 0.4) is 0 Å². The fourth-order valence-electron chi connectivity index (χ4n) is 11.4. The first-order valence-electron chi connectivity index (χ1n) is 26.2. The highest BCUT2D eigenvalue weighted by Crippen LogP contribution is 2.51. The summed E-state index contributed by atoms with van der Waals surface area (Å²) in [5.74, 6) is 1.52. The molecule has 0 spiro atoms. The van der Waals surface area contributed by atoms with E-state index in [4.69, 9.17) is 9.47 Å². The van der Waals surface area contributed by atoms with E-state index in [2.05, 4.69) is 272 Å². The van der Waals surface area contributed by atoms with Crippen LogP contribution in [0.5, 0.6) is 11.5 Å². The van der Waals surface area contributed by atoms with E-state index in [1.807, 2.05) is 6.07 Å². The number of fused-ring (bicyclic) bond motifs is 5. The van der Waals surface area contributed by atoms with Crippen molar-refractivity contribution >= 4 is 74.3 Å². The minimum atomic E-state index is -0.0946. The summed E-state index contributed by atoms with van der Waals surface area (Å²) in [6.07, 6.45) is 0. The van der Waals surface area contributed by atoms with Gasteiger partial charge >= 0.3 is 0 Å². The lowest BCUT2D eigenvalue weighted by Gasteiger charge is -2.45. The van der Waals surface area contributed by atoms with Gasteiger partial charge in [-0.05, 0) is 169 Å². The van der Waals surface area contributed by atoms with Crippen LogP contribution < -0.4 is 40.6 Å². The Morgan fingerprint density at radius 3 is 1.53 bits per heavy atom. The van der Waals surface area contributed by atoms with E-state index in [0.29, 0.717) is 0 Å². The maximum atomic E-state index is 6.36. The van der Waals surface area contributed by atoms with Crippen molar-refractivity contribution in [1.82, 2.24) is 0 Å². The van der Waals surface area contributed by atoms with Gasteiger partial charge in [-0.25, -0.2) is 0 Å². The molecule has 3 heterocycles. The van der Waals surface area contributed by atoms with Crippen LogP contribution in [-0.4, -0.2) is 13.5 Å². The van der Waals surface area contributed by atoms with Gasteiger partial charge < -0.3 is 24.2 Å². The quantitative estimate of drug-likeness (QED) is 0.148. The lowest BCUT2D eigenvalue weighted by atomic mass is 9.33. The number of hydrogen-bond acceptors (Lipinski definition) is 5. The van der Waals surface area contributed by atoms with Gasteiger partial charge in [-0.2, -0.15) is 0 Å². The molecular formula is C68H64BN3O2. The number of rotatable bonds is 7. The molecule has 0 aliphatic carbocycles. The molecule has 0 unspecified atom stereocenters. The number of aryl methyl sites for hydroxylation is 1. The molecule has 6 heteroatoms. The van der Waals surface area contributed by atoms with E-state index >= 15 is 0 Å². The molecule has 0 fully saturated rings. The second-order valence-corrected chi connectivity index (χ2v) is 23.5. The molecule has 3 aliphatic rings. The Balaban J connectivity index is 1.17. The molecule has 0 radical (unpaired) electrons. The molecule has 0 saturated carbocycles. The van der Waals surface area contributed by atoms with Gasteiger partial charge in [0.05, 0.1) is 5.69 Å². The second kappa shape index (κ2) is 17.6. The fraction of sp³-hybridized carbons (Fsp3) is 0.206. The van der Waals surface area contributed by atoms with Crippen molar-refractivity contribution in [3.63, 3.8) is 0 Å². The highest BCUT2D eigenvalue weighted by Gasteiger charge is 2.45. The molecule has 0 bridgehead atoms. The molecule has 366 valence electrons. The van der Waals surface area contributed by atoms with Gasteiger partial charge in [0.15, 0.2) is 11.5 Å². The Bertz CT molecular complexity index is 3490. The Labute approximate surface area is 438 Å². The second-order valence-electron chi connectivity index (χ2n) is 23.5. The van der Waals surface area contributed by atoms with Crippen molar-refractivity contribution in [2.24, 2.45) is 0 Å². The number of ether oxygens (including phenoxy) is 2. The SMILES string of the molecule is Cc1cc2c3c(c1)N(c1cccc4c1OCO4)c1ccc(C(C)(C)C)cc1B3c1ccc(N(c3ccccc3)c3ccccc3)cc1N2c1cc(-c2ccc(C(C)(C)C)cc2)cc(-c2ccc(C(C)(C)C)cc2)c1. The first kappa shape index (κ1) is 47.1. The molecule has 0 atom stereocenters. The summed E-state index contributed by atoms with van der Waals surface area (Å²) in [7, 11) is 0. The molecule has 9 aromatic carbocycles. The van der Waals surface area contributed by atoms with Crippen LogP contribution in [0.15, 0.2) is 194 Å². The van der Waals surface area contributed by atoms with Gasteiger partial charge in [-0.15, -0.1) is 0 Å². The third-order valence-corrected chi connectivity index (χ3v) is 15.3. The zero-order chi connectivity index (χ0) is 51.3. The standard InChI is InChI=1S/C68H64BN3O2/c1-44-36-61-64-62(37-44)72(59-22-17-23-63-65(59)74-43-73-63)58-35-32-51(68(8,9)10)41-57(58)69(64)56-34-33-54(70(52-18-13-11-14-19-52)53-20-15-12-16-21-53)42-60(56)71(61)55-39-47(45-24-28-49(29-25-45)66(2,3)4)38-48(40-55)46-26-30-50(31-27-46)67(5,6)7/h11-42H,43H2,1-10H3. The summed E-state index contributed by atoms with van der Waals surface area (Å²) in [5.41, 5.74) is 23.4. The normalized spacial score (nSPS) is 13.6.